The van der Waals surface area contributed by atoms with Gasteiger partial charge in [-0.15, -0.1) is 11.3 Å². The Balaban J connectivity index is 1.50. The van der Waals surface area contributed by atoms with Crippen LogP contribution in [0.4, 0.5) is 10.8 Å². The Bertz CT molecular complexity index is 933. The first-order valence-electron chi connectivity index (χ1n) is 9.40. The number of hydrogen-bond acceptors (Lipinski definition) is 7. The molecule has 0 saturated heterocycles. The van der Waals surface area contributed by atoms with Crippen LogP contribution in [-0.4, -0.2) is 28.6 Å². The fourth-order valence-electron chi connectivity index (χ4n) is 3.24. The Hall–Kier alpha value is -2.81. The van der Waals surface area contributed by atoms with Crippen LogP contribution in [0.1, 0.15) is 43.3 Å². The van der Waals surface area contributed by atoms with E-state index < -0.39 is 4.92 Å². The van der Waals surface area contributed by atoms with Crippen molar-refractivity contribution >= 4 is 34.3 Å². The van der Waals surface area contributed by atoms with E-state index in [1.807, 2.05) is 0 Å². The third-order valence-electron chi connectivity index (χ3n) is 4.96. The van der Waals surface area contributed by atoms with Crippen molar-refractivity contribution in [3.05, 3.63) is 50.5 Å². The number of hydrogen-bond donors (Lipinski definition) is 1. The van der Waals surface area contributed by atoms with Crippen LogP contribution in [0.3, 0.4) is 0 Å². The van der Waals surface area contributed by atoms with Crippen LogP contribution in [0.2, 0.25) is 0 Å². The summed E-state index contributed by atoms with van der Waals surface area (Å²) in [6, 6.07) is 5.98. The molecule has 29 heavy (non-hydrogen) atoms. The van der Waals surface area contributed by atoms with Crippen molar-refractivity contribution in [3.63, 3.8) is 0 Å². The summed E-state index contributed by atoms with van der Waals surface area (Å²) in [5.74, 6) is 0.269. The van der Waals surface area contributed by atoms with Crippen molar-refractivity contribution in [3.8, 4) is 0 Å². The summed E-state index contributed by atoms with van der Waals surface area (Å²) >= 11 is 1.52. The number of nitro benzene ring substituents is 1. The van der Waals surface area contributed by atoms with Gasteiger partial charge in [0.05, 0.1) is 16.8 Å². The number of oxime groups is 1. The average Bonchev–Trinajstić information content (AvgIpc) is 3.06. The molecule has 1 aliphatic rings. The van der Waals surface area contributed by atoms with Gasteiger partial charge in [-0.2, -0.15) is 0 Å². The predicted octanol–water partition coefficient (Wildman–Crippen LogP) is 4.19. The number of fused-ring (bicyclic) bond motifs is 1. The van der Waals surface area contributed by atoms with Gasteiger partial charge in [-0.1, -0.05) is 38.1 Å². The van der Waals surface area contributed by atoms with Gasteiger partial charge >= 0.3 is 0 Å². The maximum absolute atomic E-state index is 12.1. The van der Waals surface area contributed by atoms with Crippen molar-refractivity contribution in [2.24, 2.45) is 16.5 Å². The van der Waals surface area contributed by atoms with Gasteiger partial charge in [-0.05, 0) is 30.6 Å². The number of nitro groups is 1. The molecule has 1 aromatic heterocycles. The molecule has 0 fully saturated rings. The maximum Gasteiger partial charge on any atom is 0.270 e. The van der Waals surface area contributed by atoms with E-state index in [1.54, 1.807) is 12.1 Å². The van der Waals surface area contributed by atoms with Gasteiger partial charge in [0.1, 0.15) is 0 Å². The van der Waals surface area contributed by atoms with E-state index in [0.717, 1.165) is 25.0 Å². The molecule has 1 unspecified atom stereocenters. The zero-order valence-electron chi connectivity index (χ0n) is 16.7. The second kappa shape index (κ2) is 8.69. The molecule has 1 atom stereocenters. The number of aryl methyl sites for hydroxylation is 1. The second-order valence-corrected chi connectivity index (χ2v) is 9.19. The molecule has 0 saturated carbocycles. The lowest BCUT2D eigenvalue weighted by Crippen LogP contribution is -2.26. The van der Waals surface area contributed by atoms with E-state index in [2.05, 4.69) is 36.2 Å². The van der Waals surface area contributed by atoms with Crippen molar-refractivity contribution in [1.29, 1.82) is 0 Å². The van der Waals surface area contributed by atoms with Crippen LogP contribution in [0, 0.1) is 21.4 Å². The van der Waals surface area contributed by atoms with Gasteiger partial charge < -0.3 is 4.84 Å². The van der Waals surface area contributed by atoms with Crippen molar-refractivity contribution in [2.75, 3.05) is 11.9 Å². The SMILES string of the molecule is CC(C)(C)C1CCc2nc(NC(=O)CO/N=C/c3cccc([N+](=O)[O-])c3)sc2C1. The highest BCUT2D eigenvalue weighted by Crippen LogP contribution is 2.40. The molecule has 0 radical (unpaired) electrons. The normalized spacial score (nSPS) is 16.4. The lowest BCUT2D eigenvalue weighted by Gasteiger charge is -2.33. The van der Waals surface area contributed by atoms with Crippen LogP contribution in [0.5, 0.6) is 0 Å². The number of nitrogens with zero attached hydrogens (tertiary/aromatic N) is 3. The zero-order valence-corrected chi connectivity index (χ0v) is 17.5. The third kappa shape index (κ3) is 5.60. The number of benzene rings is 1. The molecule has 9 heteroatoms. The molecule has 0 bridgehead atoms. The fourth-order valence-corrected chi connectivity index (χ4v) is 4.34. The molecule has 154 valence electrons. The van der Waals surface area contributed by atoms with Gasteiger partial charge in [0.25, 0.3) is 11.6 Å². The minimum Gasteiger partial charge on any atom is -0.386 e. The van der Waals surface area contributed by atoms with E-state index in [9.17, 15) is 14.9 Å². The van der Waals surface area contributed by atoms with E-state index in [0.29, 0.717) is 16.6 Å². The zero-order chi connectivity index (χ0) is 21.0. The van der Waals surface area contributed by atoms with Crippen LogP contribution >= 0.6 is 11.3 Å². The highest BCUT2D eigenvalue weighted by Gasteiger charge is 2.30. The summed E-state index contributed by atoms with van der Waals surface area (Å²) in [4.78, 5) is 33.1. The molecule has 1 heterocycles. The van der Waals surface area contributed by atoms with Gasteiger partial charge in [-0.3, -0.25) is 20.2 Å². The van der Waals surface area contributed by atoms with Crippen molar-refractivity contribution in [1.82, 2.24) is 4.98 Å². The Morgan fingerprint density at radius 2 is 2.28 bits per heavy atom. The van der Waals surface area contributed by atoms with Crippen molar-refractivity contribution < 1.29 is 14.6 Å². The summed E-state index contributed by atoms with van der Waals surface area (Å²) in [5.41, 5.74) is 1.82. The summed E-state index contributed by atoms with van der Waals surface area (Å²) < 4.78 is 0. The summed E-state index contributed by atoms with van der Waals surface area (Å²) in [6.07, 6.45) is 4.38. The van der Waals surface area contributed by atoms with Crippen LogP contribution < -0.4 is 5.32 Å². The van der Waals surface area contributed by atoms with Crippen molar-refractivity contribution in [2.45, 2.75) is 40.0 Å². The van der Waals surface area contributed by atoms with E-state index in [-0.39, 0.29) is 23.6 Å². The minimum absolute atomic E-state index is 0.0341. The number of non-ortho nitro benzene ring substituents is 1. The van der Waals surface area contributed by atoms with Crippen LogP contribution in [0.25, 0.3) is 0 Å². The first-order chi connectivity index (χ1) is 13.7. The van der Waals surface area contributed by atoms with E-state index in [4.69, 9.17) is 4.84 Å². The fraction of sp³-hybridized carbons (Fsp3) is 0.450. The molecule has 2 aromatic rings. The number of thiazole rings is 1. The summed E-state index contributed by atoms with van der Waals surface area (Å²) in [5, 5.41) is 17.8. The highest BCUT2D eigenvalue weighted by atomic mass is 32.1. The smallest absolute Gasteiger partial charge is 0.270 e. The lowest BCUT2D eigenvalue weighted by atomic mass is 9.73. The number of carbonyl (C=O) groups is 1. The van der Waals surface area contributed by atoms with Gasteiger partial charge in [0.15, 0.2) is 11.7 Å². The number of amides is 1. The van der Waals surface area contributed by atoms with E-state index >= 15 is 0 Å². The summed E-state index contributed by atoms with van der Waals surface area (Å²) in [7, 11) is 0. The van der Waals surface area contributed by atoms with Gasteiger partial charge in [0, 0.05) is 22.6 Å². The molecule has 1 aliphatic carbocycles. The second-order valence-electron chi connectivity index (χ2n) is 8.10. The van der Waals surface area contributed by atoms with Crippen LogP contribution in [-0.2, 0) is 22.5 Å². The number of rotatable bonds is 6. The first-order valence-corrected chi connectivity index (χ1v) is 10.2. The Kier molecular flexibility index (Phi) is 6.26. The lowest BCUT2D eigenvalue weighted by molar-refractivity contribution is -0.384. The Morgan fingerprint density at radius 1 is 1.48 bits per heavy atom. The number of carbonyl (C=O) groups excluding carboxylic acids is 1. The highest BCUT2D eigenvalue weighted by molar-refractivity contribution is 7.15. The Morgan fingerprint density at radius 3 is 3.00 bits per heavy atom. The molecule has 1 aromatic carbocycles. The topological polar surface area (TPSA) is 107 Å². The molecule has 0 aliphatic heterocycles. The molecule has 3 rings (SSSR count). The van der Waals surface area contributed by atoms with Gasteiger partial charge in [0.2, 0.25) is 0 Å². The largest absolute Gasteiger partial charge is 0.386 e. The van der Waals surface area contributed by atoms with E-state index in [1.165, 1.54) is 34.6 Å². The monoisotopic (exact) mass is 416 g/mol. The molecule has 0 spiro atoms. The maximum atomic E-state index is 12.1. The minimum atomic E-state index is -0.483. The standard InChI is InChI=1S/C20H24N4O4S/c1-20(2,3)14-7-8-16-17(10-14)29-19(22-16)23-18(25)12-28-21-11-13-5-4-6-15(9-13)24(26)27/h4-6,9,11,14H,7-8,10,12H2,1-3H3,(H,22,23,25)/b21-11+. The van der Waals surface area contributed by atoms with Crippen LogP contribution in [0.15, 0.2) is 29.4 Å². The number of anilines is 1. The first kappa shape index (κ1) is 20.9. The van der Waals surface area contributed by atoms with Gasteiger partial charge in [-0.25, -0.2) is 4.98 Å². The quantitative estimate of drug-likeness (QED) is 0.432. The molecular weight excluding hydrogens is 392 g/mol. The predicted molar refractivity (Wildman–Crippen MR) is 112 cm³/mol. The third-order valence-corrected chi connectivity index (χ3v) is 6.00. The molecular formula is C20H24N4O4S. The summed E-state index contributed by atoms with van der Waals surface area (Å²) in [6.45, 7) is 6.52. The number of nitrogens with one attached hydrogen (secondary N) is 1. The average molecular weight is 417 g/mol. The molecule has 1 amide bonds. The number of aromatic nitrogens is 1. The Labute approximate surface area is 173 Å². The molecule has 1 N–H and O–H groups in total. The molecule has 8 nitrogen and oxygen atoms in total.